The maximum Gasteiger partial charge on any atom is 0.317 e. The van der Waals surface area contributed by atoms with Crippen molar-refractivity contribution in [2.24, 2.45) is 0 Å². The van der Waals surface area contributed by atoms with Gasteiger partial charge in [0, 0.05) is 20.1 Å². The fourth-order valence-corrected chi connectivity index (χ4v) is 1.87. The lowest BCUT2D eigenvalue weighted by molar-refractivity contribution is 0.163. The summed E-state index contributed by atoms with van der Waals surface area (Å²) < 4.78 is 0. The molecule has 0 fully saturated rings. The average molecular weight is 278 g/mol. The summed E-state index contributed by atoms with van der Waals surface area (Å²) in [6.45, 7) is 7.06. The molecule has 1 rings (SSSR count). The van der Waals surface area contributed by atoms with Crippen LogP contribution in [0.25, 0.3) is 0 Å². The number of amides is 2. The second-order valence-corrected chi connectivity index (χ2v) is 5.56. The van der Waals surface area contributed by atoms with E-state index in [1.807, 2.05) is 0 Å². The van der Waals surface area contributed by atoms with Crippen molar-refractivity contribution < 1.29 is 9.90 Å². The highest BCUT2D eigenvalue weighted by Crippen LogP contribution is 2.14. The Morgan fingerprint density at radius 1 is 1.30 bits per heavy atom. The summed E-state index contributed by atoms with van der Waals surface area (Å²) in [6, 6.07) is 8.28. The average Bonchev–Trinajstić information content (AvgIpc) is 2.42. The van der Waals surface area contributed by atoms with E-state index in [1.165, 1.54) is 11.1 Å². The van der Waals surface area contributed by atoms with E-state index in [0.29, 0.717) is 19.5 Å². The van der Waals surface area contributed by atoms with Gasteiger partial charge in [0.15, 0.2) is 0 Å². The minimum absolute atomic E-state index is 0.0930. The molecule has 0 spiro atoms. The van der Waals surface area contributed by atoms with Crippen molar-refractivity contribution in [3.05, 3.63) is 35.4 Å². The van der Waals surface area contributed by atoms with Crippen LogP contribution in [0.1, 0.15) is 37.3 Å². The molecule has 4 heteroatoms. The molecule has 0 saturated heterocycles. The van der Waals surface area contributed by atoms with Gasteiger partial charge in [0.25, 0.3) is 0 Å². The van der Waals surface area contributed by atoms with Crippen LogP contribution in [0.3, 0.4) is 0 Å². The number of aliphatic hydroxyl groups is 1. The Kier molecular flexibility index (Phi) is 6.52. The lowest BCUT2D eigenvalue weighted by Gasteiger charge is -2.20. The summed E-state index contributed by atoms with van der Waals surface area (Å²) in [5.41, 5.74) is 2.46. The number of nitrogens with one attached hydrogen (secondary N) is 1. The predicted octanol–water partition coefficient (Wildman–Crippen LogP) is 2.51. The van der Waals surface area contributed by atoms with E-state index in [2.05, 4.69) is 43.4 Å². The van der Waals surface area contributed by atoms with Crippen LogP contribution < -0.4 is 5.32 Å². The fraction of sp³-hybridized carbons (Fsp3) is 0.562. The second kappa shape index (κ2) is 7.90. The van der Waals surface area contributed by atoms with Gasteiger partial charge in [0.05, 0.1) is 6.10 Å². The minimum atomic E-state index is -0.378. The van der Waals surface area contributed by atoms with Crippen LogP contribution in [0.4, 0.5) is 4.79 Å². The number of rotatable bonds is 6. The molecule has 112 valence electrons. The first-order valence-electron chi connectivity index (χ1n) is 7.13. The van der Waals surface area contributed by atoms with Crippen LogP contribution in [0.5, 0.6) is 0 Å². The summed E-state index contributed by atoms with van der Waals surface area (Å²) in [4.78, 5) is 13.5. The molecule has 0 heterocycles. The van der Waals surface area contributed by atoms with Crippen LogP contribution in [-0.4, -0.2) is 42.3 Å². The lowest BCUT2D eigenvalue weighted by Crippen LogP contribution is -2.40. The Balaban J connectivity index is 2.38. The van der Waals surface area contributed by atoms with Crippen molar-refractivity contribution >= 4 is 6.03 Å². The molecule has 0 aromatic heterocycles. The maximum atomic E-state index is 11.9. The van der Waals surface area contributed by atoms with Crippen LogP contribution in [0.2, 0.25) is 0 Å². The van der Waals surface area contributed by atoms with E-state index in [4.69, 9.17) is 0 Å². The largest absolute Gasteiger partial charge is 0.393 e. The van der Waals surface area contributed by atoms with E-state index in [1.54, 1.807) is 18.9 Å². The van der Waals surface area contributed by atoms with Crippen LogP contribution in [0, 0.1) is 6.92 Å². The standard InChI is InChI=1S/C16H26N2O2/c1-12-5-7-15(8-6-12)13(2)11-17-16(20)18(4)10-9-14(3)19/h5-8,13-14,19H,9-11H2,1-4H3,(H,17,20). The molecule has 4 nitrogen and oxygen atoms in total. The summed E-state index contributed by atoms with van der Waals surface area (Å²) in [7, 11) is 1.74. The number of nitrogens with zero attached hydrogens (tertiary/aromatic N) is 1. The topological polar surface area (TPSA) is 52.6 Å². The van der Waals surface area contributed by atoms with Crippen molar-refractivity contribution in [1.29, 1.82) is 0 Å². The van der Waals surface area contributed by atoms with Gasteiger partial charge in [-0.05, 0) is 31.7 Å². The van der Waals surface area contributed by atoms with Crippen molar-refractivity contribution in [2.45, 2.75) is 39.2 Å². The van der Waals surface area contributed by atoms with Crippen LogP contribution in [0.15, 0.2) is 24.3 Å². The Morgan fingerprint density at radius 2 is 1.90 bits per heavy atom. The predicted molar refractivity (Wildman–Crippen MR) is 81.9 cm³/mol. The first-order valence-corrected chi connectivity index (χ1v) is 7.13. The lowest BCUT2D eigenvalue weighted by atomic mass is 10.0. The number of hydrogen-bond acceptors (Lipinski definition) is 2. The van der Waals surface area contributed by atoms with E-state index >= 15 is 0 Å². The highest BCUT2D eigenvalue weighted by Gasteiger charge is 2.11. The summed E-state index contributed by atoms with van der Waals surface area (Å²) >= 11 is 0. The van der Waals surface area contributed by atoms with Gasteiger partial charge in [-0.25, -0.2) is 4.79 Å². The zero-order valence-electron chi connectivity index (χ0n) is 12.9. The number of benzene rings is 1. The van der Waals surface area contributed by atoms with Gasteiger partial charge in [-0.15, -0.1) is 0 Å². The smallest absolute Gasteiger partial charge is 0.317 e. The zero-order chi connectivity index (χ0) is 15.1. The molecular formula is C16H26N2O2. The number of aryl methyl sites for hydroxylation is 1. The Bertz CT molecular complexity index is 415. The normalized spacial score (nSPS) is 13.7. The van der Waals surface area contributed by atoms with Gasteiger partial charge in [-0.1, -0.05) is 36.8 Å². The number of carbonyl (C=O) groups excluding carboxylic acids is 1. The van der Waals surface area contributed by atoms with E-state index in [0.717, 1.165) is 0 Å². The molecule has 0 aliphatic heterocycles. The molecule has 2 N–H and O–H groups in total. The Morgan fingerprint density at radius 3 is 2.45 bits per heavy atom. The summed E-state index contributed by atoms with van der Waals surface area (Å²) in [5, 5.41) is 12.1. The fourth-order valence-electron chi connectivity index (χ4n) is 1.87. The highest BCUT2D eigenvalue weighted by molar-refractivity contribution is 5.73. The van der Waals surface area contributed by atoms with E-state index in [-0.39, 0.29) is 18.1 Å². The minimum Gasteiger partial charge on any atom is -0.393 e. The first-order chi connectivity index (χ1) is 9.40. The quantitative estimate of drug-likeness (QED) is 0.840. The summed E-state index contributed by atoms with van der Waals surface area (Å²) in [5.74, 6) is 0.282. The molecule has 1 aromatic carbocycles. The number of carbonyl (C=O) groups is 1. The van der Waals surface area contributed by atoms with Gasteiger partial charge in [0.1, 0.15) is 0 Å². The molecule has 0 aliphatic carbocycles. The van der Waals surface area contributed by atoms with Gasteiger partial charge >= 0.3 is 6.03 Å². The molecule has 2 unspecified atom stereocenters. The summed E-state index contributed by atoms with van der Waals surface area (Å²) in [6.07, 6.45) is 0.217. The van der Waals surface area contributed by atoms with Crippen molar-refractivity contribution in [1.82, 2.24) is 10.2 Å². The molecule has 0 radical (unpaired) electrons. The van der Waals surface area contributed by atoms with E-state index < -0.39 is 0 Å². The second-order valence-electron chi connectivity index (χ2n) is 5.56. The molecule has 0 aliphatic rings. The van der Waals surface area contributed by atoms with Gasteiger partial charge in [-0.3, -0.25) is 0 Å². The van der Waals surface area contributed by atoms with Crippen molar-refractivity contribution in [3.63, 3.8) is 0 Å². The highest BCUT2D eigenvalue weighted by atomic mass is 16.3. The SMILES string of the molecule is Cc1ccc(C(C)CNC(=O)N(C)CCC(C)O)cc1. The van der Waals surface area contributed by atoms with Crippen LogP contribution in [-0.2, 0) is 0 Å². The third-order valence-electron chi connectivity index (χ3n) is 3.43. The molecular weight excluding hydrogens is 252 g/mol. The first kappa shape index (κ1) is 16.5. The van der Waals surface area contributed by atoms with Gasteiger partial charge in [-0.2, -0.15) is 0 Å². The molecule has 1 aromatic rings. The molecule has 20 heavy (non-hydrogen) atoms. The third-order valence-corrected chi connectivity index (χ3v) is 3.43. The van der Waals surface area contributed by atoms with Gasteiger partial charge < -0.3 is 15.3 Å². The number of hydrogen-bond donors (Lipinski definition) is 2. The van der Waals surface area contributed by atoms with Crippen LogP contribution >= 0.6 is 0 Å². The third kappa shape index (κ3) is 5.61. The molecule has 0 bridgehead atoms. The maximum absolute atomic E-state index is 11.9. The Labute approximate surface area is 121 Å². The molecule has 0 saturated carbocycles. The van der Waals surface area contributed by atoms with Crippen molar-refractivity contribution in [2.75, 3.05) is 20.1 Å². The van der Waals surface area contributed by atoms with E-state index in [9.17, 15) is 9.90 Å². The zero-order valence-corrected chi connectivity index (χ0v) is 12.9. The monoisotopic (exact) mass is 278 g/mol. The number of urea groups is 1. The Hall–Kier alpha value is -1.55. The van der Waals surface area contributed by atoms with Crippen molar-refractivity contribution in [3.8, 4) is 0 Å². The molecule has 2 amide bonds. The number of aliphatic hydroxyl groups excluding tert-OH is 1. The van der Waals surface area contributed by atoms with Gasteiger partial charge in [0.2, 0.25) is 0 Å². The molecule has 2 atom stereocenters.